The number of isocyanates is 1. The SMILES string of the molecule is O=C=Nc1ccccc1C=Cc1ccc(Cl)cc1. The molecule has 0 N–H and O–H groups in total. The first-order valence-electron chi connectivity index (χ1n) is 5.40. The second kappa shape index (κ2) is 5.97. The lowest BCUT2D eigenvalue weighted by Gasteiger charge is -1.98. The molecular formula is C15H10ClNO. The van der Waals surface area contributed by atoms with Crippen LogP contribution in [-0.2, 0) is 4.79 Å². The first-order chi connectivity index (χ1) is 8.79. The van der Waals surface area contributed by atoms with Crippen LogP contribution in [0, 0.1) is 0 Å². The van der Waals surface area contributed by atoms with Gasteiger partial charge in [0.1, 0.15) is 0 Å². The van der Waals surface area contributed by atoms with Gasteiger partial charge in [-0.05, 0) is 23.8 Å². The number of halogens is 1. The predicted octanol–water partition coefficient (Wildman–Crippen LogP) is 4.48. The first kappa shape index (κ1) is 12.3. The van der Waals surface area contributed by atoms with Gasteiger partial charge in [0.15, 0.2) is 0 Å². The summed E-state index contributed by atoms with van der Waals surface area (Å²) in [5.74, 6) is 0. The Balaban J connectivity index is 2.28. The molecule has 0 aliphatic carbocycles. The van der Waals surface area contributed by atoms with Gasteiger partial charge in [0, 0.05) is 10.6 Å². The first-order valence-corrected chi connectivity index (χ1v) is 5.78. The number of hydrogen-bond acceptors (Lipinski definition) is 2. The predicted molar refractivity (Wildman–Crippen MR) is 74.6 cm³/mol. The minimum absolute atomic E-state index is 0.609. The van der Waals surface area contributed by atoms with Crippen LogP contribution in [0.4, 0.5) is 5.69 Å². The molecule has 0 heterocycles. The second-order valence-electron chi connectivity index (χ2n) is 3.65. The summed E-state index contributed by atoms with van der Waals surface area (Å²) < 4.78 is 0. The van der Waals surface area contributed by atoms with E-state index in [0.29, 0.717) is 10.7 Å². The van der Waals surface area contributed by atoms with Crippen molar-refractivity contribution >= 4 is 35.5 Å². The van der Waals surface area contributed by atoms with Gasteiger partial charge in [0.2, 0.25) is 6.08 Å². The van der Waals surface area contributed by atoms with E-state index in [-0.39, 0.29) is 0 Å². The molecule has 2 rings (SSSR count). The molecule has 0 saturated heterocycles. The maximum absolute atomic E-state index is 10.3. The van der Waals surface area contributed by atoms with Crippen molar-refractivity contribution in [2.24, 2.45) is 4.99 Å². The molecule has 0 saturated carbocycles. The Morgan fingerprint density at radius 3 is 2.44 bits per heavy atom. The van der Waals surface area contributed by atoms with E-state index < -0.39 is 0 Å². The van der Waals surface area contributed by atoms with Crippen LogP contribution >= 0.6 is 11.6 Å². The van der Waals surface area contributed by atoms with E-state index >= 15 is 0 Å². The summed E-state index contributed by atoms with van der Waals surface area (Å²) in [6.45, 7) is 0. The number of para-hydroxylation sites is 1. The lowest BCUT2D eigenvalue weighted by Crippen LogP contribution is -1.74. The Bertz CT molecular complexity index is 611. The van der Waals surface area contributed by atoms with E-state index in [9.17, 15) is 4.79 Å². The van der Waals surface area contributed by atoms with E-state index in [1.54, 1.807) is 12.1 Å². The van der Waals surface area contributed by atoms with E-state index in [2.05, 4.69) is 4.99 Å². The van der Waals surface area contributed by atoms with Crippen molar-refractivity contribution in [3.8, 4) is 0 Å². The minimum Gasteiger partial charge on any atom is -0.211 e. The Morgan fingerprint density at radius 1 is 1.00 bits per heavy atom. The van der Waals surface area contributed by atoms with Gasteiger partial charge in [-0.25, -0.2) is 4.79 Å². The van der Waals surface area contributed by atoms with Crippen molar-refractivity contribution in [2.75, 3.05) is 0 Å². The molecule has 0 radical (unpaired) electrons. The summed E-state index contributed by atoms with van der Waals surface area (Å²) in [6.07, 6.45) is 5.40. The molecule has 88 valence electrons. The average Bonchev–Trinajstić information content (AvgIpc) is 2.40. The number of nitrogens with zero attached hydrogens (tertiary/aromatic N) is 1. The Hall–Kier alpha value is -2.15. The summed E-state index contributed by atoms with van der Waals surface area (Å²) in [6, 6.07) is 14.9. The molecule has 2 aromatic rings. The van der Waals surface area contributed by atoms with Gasteiger partial charge in [0.05, 0.1) is 5.69 Å². The molecule has 0 aliphatic rings. The summed E-state index contributed by atoms with van der Waals surface area (Å²) in [5, 5.41) is 0.707. The number of benzene rings is 2. The van der Waals surface area contributed by atoms with Gasteiger partial charge in [-0.3, -0.25) is 0 Å². The molecule has 0 atom stereocenters. The Labute approximate surface area is 110 Å². The number of carbonyl (C=O) groups excluding carboxylic acids is 1. The van der Waals surface area contributed by atoms with Gasteiger partial charge in [-0.1, -0.05) is 54.1 Å². The minimum atomic E-state index is 0.609. The second-order valence-corrected chi connectivity index (χ2v) is 4.08. The quantitative estimate of drug-likeness (QED) is 0.452. The molecule has 3 heteroatoms. The van der Waals surface area contributed by atoms with Gasteiger partial charge in [-0.2, -0.15) is 4.99 Å². The molecular weight excluding hydrogens is 246 g/mol. The summed E-state index contributed by atoms with van der Waals surface area (Å²) in [4.78, 5) is 14.0. The van der Waals surface area contributed by atoms with Crippen LogP contribution in [0.3, 0.4) is 0 Å². The third-order valence-corrected chi connectivity index (χ3v) is 2.68. The highest BCUT2D eigenvalue weighted by Gasteiger charge is 1.95. The largest absolute Gasteiger partial charge is 0.240 e. The molecule has 0 amide bonds. The Morgan fingerprint density at radius 2 is 1.72 bits per heavy atom. The lowest BCUT2D eigenvalue weighted by atomic mass is 10.1. The molecule has 0 bridgehead atoms. The molecule has 0 aliphatic heterocycles. The van der Waals surface area contributed by atoms with Gasteiger partial charge < -0.3 is 0 Å². The van der Waals surface area contributed by atoms with Gasteiger partial charge in [-0.15, -0.1) is 0 Å². The monoisotopic (exact) mass is 255 g/mol. The third-order valence-electron chi connectivity index (χ3n) is 2.43. The van der Waals surface area contributed by atoms with Crippen LogP contribution in [0.25, 0.3) is 12.2 Å². The maximum atomic E-state index is 10.3. The van der Waals surface area contributed by atoms with E-state index in [1.807, 2.05) is 54.6 Å². The van der Waals surface area contributed by atoms with Crippen LogP contribution in [0.1, 0.15) is 11.1 Å². The summed E-state index contributed by atoms with van der Waals surface area (Å²) in [7, 11) is 0. The zero-order chi connectivity index (χ0) is 12.8. The van der Waals surface area contributed by atoms with E-state index in [0.717, 1.165) is 11.1 Å². The fourth-order valence-electron chi connectivity index (χ4n) is 1.54. The highest BCUT2D eigenvalue weighted by atomic mass is 35.5. The van der Waals surface area contributed by atoms with Crippen molar-refractivity contribution in [3.63, 3.8) is 0 Å². The summed E-state index contributed by atoms with van der Waals surface area (Å²) in [5.41, 5.74) is 2.51. The smallest absolute Gasteiger partial charge is 0.211 e. The average molecular weight is 256 g/mol. The van der Waals surface area contributed by atoms with Crippen LogP contribution < -0.4 is 0 Å². The molecule has 0 unspecified atom stereocenters. The molecule has 2 aromatic carbocycles. The molecule has 0 fully saturated rings. The highest BCUT2D eigenvalue weighted by molar-refractivity contribution is 6.30. The fourth-order valence-corrected chi connectivity index (χ4v) is 1.67. The molecule has 0 aromatic heterocycles. The van der Waals surface area contributed by atoms with Gasteiger partial charge >= 0.3 is 0 Å². The van der Waals surface area contributed by atoms with E-state index in [1.165, 1.54) is 0 Å². The number of rotatable bonds is 3. The van der Waals surface area contributed by atoms with E-state index in [4.69, 9.17) is 11.6 Å². The molecule has 2 nitrogen and oxygen atoms in total. The van der Waals surface area contributed by atoms with Crippen LogP contribution in [0.15, 0.2) is 53.5 Å². The zero-order valence-electron chi connectivity index (χ0n) is 9.51. The van der Waals surface area contributed by atoms with Crippen LogP contribution in [0.2, 0.25) is 5.02 Å². The highest BCUT2D eigenvalue weighted by Crippen LogP contribution is 2.21. The van der Waals surface area contributed by atoms with Crippen molar-refractivity contribution in [2.45, 2.75) is 0 Å². The van der Waals surface area contributed by atoms with Crippen molar-refractivity contribution < 1.29 is 4.79 Å². The van der Waals surface area contributed by atoms with Crippen LogP contribution in [-0.4, -0.2) is 6.08 Å². The molecule has 0 spiro atoms. The van der Waals surface area contributed by atoms with Gasteiger partial charge in [0.25, 0.3) is 0 Å². The van der Waals surface area contributed by atoms with Crippen LogP contribution in [0.5, 0.6) is 0 Å². The third kappa shape index (κ3) is 3.17. The maximum Gasteiger partial charge on any atom is 0.240 e. The van der Waals surface area contributed by atoms with Crippen molar-refractivity contribution in [3.05, 3.63) is 64.7 Å². The zero-order valence-corrected chi connectivity index (χ0v) is 10.3. The number of hydrogen-bond donors (Lipinski definition) is 0. The van der Waals surface area contributed by atoms with Crippen molar-refractivity contribution in [1.82, 2.24) is 0 Å². The number of aliphatic imine (C=N–C) groups is 1. The normalized spacial score (nSPS) is 10.3. The summed E-state index contributed by atoms with van der Waals surface area (Å²) >= 11 is 5.81. The Kier molecular flexibility index (Phi) is 4.08. The lowest BCUT2D eigenvalue weighted by molar-refractivity contribution is 0.565. The topological polar surface area (TPSA) is 29.4 Å². The molecule has 18 heavy (non-hydrogen) atoms. The standard InChI is InChI=1S/C15H10ClNO/c16-14-9-6-12(7-10-14)5-8-13-3-1-2-4-15(13)17-11-18/h1-10H. The fraction of sp³-hybridized carbons (Fsp3) is 0. The van der Waals surface area contributed by atoms with Crippen molar-refractivity contribution in [1.29, 1.82) is 0 Å².